The lowest BCUT2D eigenvalue weighted by molar-refractivity contribution is 0.435. The van der Waals surface area contributed by atoms with E-state index in [9.17, 15) is 10.5 Å². The van der Waals surface area contributed by atoms with E-state index in [2.05, 4.69) is 82.4 Å². The third kappa shape index (κ3) is 2.62. The van der Waals surface area contributed by atoms with E-state index in [0.717, 1.165) is 18.4 Å². The van der Waals surface area contributed by atoms with Gasteiger partial charge in [0.1, 0.15) is 11.8 Å². The Morgan fingerprint density at radius 1 is 0.897 bits per heavy atom. The molecule has 1 aliphatic rings. The Bertz CT molecular complexity index is 1260. The molecule has 0 radical (unpaired) electrons. The highest BCUT2D eigenvalue weighted by molar-refractivity contribution is 6.08. The van der Waals surface area contributed by atoms with Crippen LogP contribution in [0.3, 0.4) is 0 Å². The van der Waals surface area contributed by atoms with Crippen LogP contribution < -0.4 is 0 Å². The Hall–Kier alpha value is -3.89. The lowest BCUT2D eigenvalue weighted by Gasteiger charge is -2.31. The van der Waals surface area contributed by atoms with Crippen molar-refractivity contribution in [1.29, 1.82) is 10.5 Å². The van der Waals surface area contributed by atoms with E-state index >= 15 is 0 Å². The van der Waals surface area contributed by atoms with E-state index in [1.807, 2.05) is 0 Å². The fourth-order valence-corrected chi connectivity index (χ4v) is 4.70. The number of nitrogens with zero attached hydrogens (tertiary/aromatic N) is 4. The smallest absolute Gasteiger partial charge is 0.145 e. The highest BCUT2D eigenvalue weighted by atomic mass is 15.0. The van der Waals surface area contributed by atoms with Crippen LogP contribution in [0, 0.1) is 22.7 Å². The van der Waals surface area contributed by atoms with Crippen LogP contribution in [-0.4, -0.2) is 9.55 Å². The van der Waals surface area contributed by atoms with E-state index in [0.29, 0.717) is 11.3 Å². The van der Waals surface area contributed by atoms with Gasteiger partial charge < -0.3 is 4.57 Å². The summed E-state index contributed by atoms with van der Waals surface area (Å²) < 4.78 is 2.40. The molecule has 4 aromatic rings. The summed E-state index contributed by atoms with van der Waals surface area (Å²) in [5.41, 5.74) is 3.96. The number of allylic oxidation sites excluding steroid dienone is 2. The normalized spacial score (nSPS) is 18.6. The lowest BCUT2D eigenvalue weighted by atomic mass is 9.81. The van der Waals surface area contributed by atoms with Crippen molar-refractivity contribution in [2.75, 3.05) is 0 Å². The van der Waals surface area contributed by atoms with Crippen LogP contribution in [0.4, 0.5) is 0 Å². The van der Waals surface area contributed by atoms with Gasteiger partial charge in [0.25, 0.3) is 0 Å². The summed E-state index contributed by atoms with van der Waals surface area (Å²) in [6.45, 7) is 0. The van der Waals surface area contributed by atoms with Gasteiger partial charge in [0.2, 0.25) is 0 Å². The Balaban J connectivity index is 1.80. The summed E-state index contributed by atoms with van der Waals surface area (Å²) in [5, 5.41) is 21.8. The van der Waals surface area contributed by atoms with Crippen LogP contribution in [0.2, 0.25) is 0 Å². The van der Waals surface area contributed by atoms with Crippen molar-refractivity contribution in [2.45, 2.75) is 24.8 Å². The summed E-state index contributed by atoms with van der Waals surface area (Å²) in [6, 6.07) is 23.2. The molecule has 0 saturated heterocycles. The summed E-state index contributed by atoms with van der Waals surface area (Å²) in [7, 11) is 0. The predicted octanol–water partition coefficient (Wildman–Crippen LogP) is 5.61. The monoisotopic (exact) mass is 374 g/mol. The molecular weight excluding hydrogens is 356 g/mol. The topological polar surface area (TPSA) is 65.4 Å². The molecular formula is C25H18N4. The molecule has 2 aromatic carbocycles. The summed E-state index contributed by atoms with van der Waals surface area (Å²) >= 11 is 0. The summed E-state index contributed by atoms with van der Waals surface area (Å²) in [4.78, 5) is 4.27. The Morgan fingerprint density at radius 3 is 2.24 bits per heavy atom. The minimum absolute atomic E-state index is 0.0824. The van der Waals surface area contributed by atoms with Crippen molar-refractivity contribution < 1.29 is 0 Å². The molecule has 138 valence electrons. The third-order valence-electron chi connectivity index (χ3n) is 5.89. The highest BCUT2D eigenvalue weighted by Gasteiger charge is 2.31. The number of hydrogen-bond acceptors (Lipinski definition) is 3. The number of fused-ring (bicyclic) bond motifs is 3. The third-order valence-corrected chi connectivity index (χ3v) is 5.89. The zero-order chi connectivity index (χ0) is 19.8. The molecule has 4 heteroatoms. The molecule has 5 rings (SSSR count). The SMILES string of the molecule is N#Cc1ccnc(C#N)c1C1C=CCCC1n1c2ccccc2c2ccccc21. The van der Waals surface area contributed by atoms with Crippen molar-refractivity contribution in [3.8, 4) is 12.1 Å². The number of para-hydroxylation sites is 2. The number of benzene rings is 2. The second-order valence-corrected chi connectivity index (χ2v) is 7.35. The first-order valence-electron chi connectivity index (χ1n) is 9.77. The summed E-state index contributed by atoms with van der Waals surface area (Å²) in [6.07, 6.45) is 7.75. The molecule has 2 atom stereocenters. The second-order valence-electron chi connectivity index (χ2n) is 7.35. The van der Waals surface area contributed by atoms with E-state index in [1.165, 1.54) is 21.8 Å². The molecule has 2 heterocycles. The van der Waals surface area contributed by atoms with Crippen LogP contribution in [-0.2, 0) is 0 Å². The van der Waals surface area contributed by atoms with Gasteiger partial charge in [0.15, 0.2) is 0 Å². The van der Waals surface area contributed by atoms with Crippen LogP contribution in [0.5, 0.6) is 0 Å². The fourth-order valence-electron chi connectivity index (χ4n) is 4.70. The maximum Gasteiger partial charge on any atom is 0.145 e. The molecule has 29 heavy (non-hydrogen) atoms. The molecule has 0 amide bonds. The van der Waals surface area contributed by atoms with Gasteiger partial charge in [-0.3, -0.25) is 0 Å². The van der Waals surface area contributed by atoms with Gasteiger partial charge in [-0.15, -0.1) is 0 Å². The first kappa shape index (κ1) is 17.2. The maximum atomic E-state index is 9.71. The molecule has 4 nitrogen and oxygen atoms in total. The first-order chi connectivity index (χ1) is 14.3. The molecule has 0 N–H and O–H groups in total. The number of pyridine rings is 1. The molecule has 0 aliphatic heterocycles. The van der Waals surface area contributed by atoms with Gasteiger partial charge in [-0.25, -0.2) is 4.98 Å². The summed E-state index contributed by atoms with van der Waals surface area (Å²) in [5.74, 6) is -0.0824. The van der Waals surface area contributed by atoms with Crippen LogP contribution in [0.25, 0.3) is 21.8 Å². The van der Waals surface area contributed by atoms with Crippen molar-refractivity contribution in [3.05, 3.63) is 89.8 Å². The van der Waals surface area contributed by atoms with Crippen LogP contribution in [0.1, 0.15) is 41.6 Å². The second kappa shape index (κ2) is 6.93. The Morgan fingerprint density at radius 2 is 1.59 bits per heavy atom. The molecule has 0 saturated carbocycles. The largest absolute Gasteiger partial charge is 0.336 e. The zero-order valence-electron chi connectivity index (χ0n) is 15.8. The van der Waals surface area contributed by atoms with Crippen LogP contribution >= 0.6 is 0 Å². The molecule has 0 bridgehead atoms. The van der Waals surface area contributed by atoms with Gasteiger partial charge in [-0.05, 0) is 31.0 Å². The van der Waals surface area contributed by atoms with Crippen molar-refractivity contribution in [3.63, 3.8) is 0 Å². The molecule has 0 fully saturated rings. The van der Waals surface area contributed by atoms with Gasteiger partial charge in [0, 0.05) is 45.5 Å². The average molecular weight is 374 g/mol. The van der Waals surface area contributed by atoms with Crippen molar-refractivity contribution in [1.82, 2.24) is 9.55 Å². The standard InChI is InChI=1S/C25H18N4/c26-15-17-13-14-28-21(16-27)25(17)20-9-3-6-12-24(20)29-22-10-4-1-7-18(22)19-8-2-5-11-23(19)29/h1-5,7-11,13-14,20,24H,6,12H2. The molecule has 2 unspecified atom stereocenters. The quantitative estimate of drug-likeness (QED) is 0.428. The molecule has 2 aromatic heterocycles. The zero-order valence-corrected chi connectivity index (χ0v) is 15.8. The minimum Gasteiger partial charge on any atom is -0.336 e. The van der Waals surface area contributed by atoms with Gasteiger partial charge in [0.05, 0.1) is 11.6 Å². The van der Waals surface area contributed by atoms with Gasteiger partial charge in [-0.2, -0.15) is 10.5 Å². The Labute approximate surface area is 168 Å². The minimum atomic E-state index is -0.0824. The number of nitriles is 2. The highest BCUT2D eigenvalue weighted by Crippen LogP contribution is 2.43. The van der Waals surface area contributed by atoms with Gasteiger partial charge >= 0.3 is 0 Å². The average Bonchev–Trinajstić information content (AvgIpc) is 3.13. The van der Waals surface area contributed by atoms with E-state index in [-0.39, 0.29) is 12.0 Å². The van der Waals surface area contributed by atoms with Crippen molar-refractivity contribution in [2.24, 2.45) is 0 Å². The number of aromatic nitrogens is 2. The van der Waals surface area contributed by atoms with Crippen molar-refractivity contribution >= 4 is 21.8 Å². The molecule has 0 spiro atoms. The lowest BCUT2D eigenvalue weighted by Crippen LogP contribution is -2.21. The van der Waals surface area contributed by atoms with E-state index in [1.54, 1.807) is 12.3 Å². The van der Waals surface area contributed by atoms with E-state index < -0.39 is 0 Å². The van der Waals surface area contributed by atoms with Gasteiger partial charge in [-0.1, -0.05) is 48.6 Å². The Kier molecular flexibility index (Phi) is 4.12. The fraction of sp³-hybridized carbons (Fsp3) is 0.160. The molecule has 1 aliphatic carbocycles. The first-order valence-corrected chi connectivity index (χ1v) is 9.77. The maximum absolute atomic E-state index is 9.71. The van der Waals surface area contributed by atoms with E-state index in [4.69, 9.17) is 0 Å². The van der Waals surface area contributed by atoms with Crippen LogP contribution in [0.15, 0.2) is 72.9 Å². The predicted molar refractivity (Wildman–Crippen MR) is 113 cm³/mol. The number of rotatable bonds is 2. The number of hydrogen-bond donors (Lipinski definition) is 0.